The van der Waals surface area contributed by atoms with Crippen LogP contribution in [0.5, 0.6) is 0 Å². The van der Waals surface area contributed by atoms with E-state index in [1.165, 1.54) is 0 Å². The molecule has 0 bridgehead atoms. The Hall–Kier alpha value is -3.18. The summed E-state index contributed by atoms with van der Waals surface area (Å²) in [7, 11) is 0. The number of hydrogen-bond donors (Lipinski definition) is 6. The van der Waals surface area contributed by atoms with E-state index in [1.54, 1.807) is 0 Å². The highest BCUT2D eigenvalue weighted by atomic mass is 16.4. The summed E-state index contributed by atoms with van der Waals surface area (Å²) in [6, 6.07) is 0. The number of carboxylic acids is 6. The molecular weight excluding hydrogens is 360 g/mol. The number of rotatable bonds is 12. The number of carboxylic acid groups (broad SMARTS) is 6. The van der Waals surface area contributed by atoms with E-state index in [0.29, 0.717) is 12.8 Å². The second-order valence-electron chi connectivity index (χ2n) is 5.08. The van der Waals surface area contributed by atoms with E-state index in [1.807, 2.05) is 0 Å². The Morgan fingerprint density at radius 3 is 0.923 bits per heavy atom. The van der Waals surface area contributed by atoms with Gasteiger partial charge in [-0.1, -0.05) is 0 Å². The fraction of sp³-hybridized carbons (Fsp3) is 0.571. The lowest BCUT2D eigenvalue weighted by molar-refractivity contribution is -0.160. The molecule has 0 rings (SSSR count). The van der Waals surface area contributed by atoms with Gasteiger partial charge in [0.05, 0.1) is 24.7 Å². The number of carbonyl (C=O) groups is 6. The normalized spacial score (nSPS) is 12.0. The molecule has 0 aliphatic heterocycles. The van der Waals surface area contributed by atoms with Gasteiger partial charge in [0.1, 0.15) is 0 Å². The Kier molecular flexibility index (Phi) is 12.7. The molecule has 0 heterocycles. The molecule has 0 aromatic rings. The molecule has 26 heavy (non-hydrogen) atoms. The molecule has 0 saturated carbocycles. The highest BCUT2D eigenvalue weighted by Crippen LogP contribution is 2.20. The van der Waals surface area contributed by atoms with Gasteiger partial charge in [-0.2, -0.15) is 0 Å². The van der Waals surface area contributed by atoms with Crippen molar-refractivity contribution in [2.24, 2.45) is 11.8 Å². The second kappa shape index (κ2) is 13.1. The molecule has 6 N–H and O–H groups in total. The molecule has 148 valence electrons. The van der Waals surface area contributed by atoms with Crippen LogP contribution < -0.4 is 0 Å². The summed E-state index contributed by atoms with van der Waals surface area (Å²) in [6.45, 7) is 0. The Bertz CT molecular complexity index is 490. The van der Waals surface area contributed by atoms with Crippen LogP contribution in [0.25, 0.3) is 0 Å². The molecule has 0 spiro atoms. The SMILES string of the molecule is O=C(O)CCCCC(=O)O.O=C(O)C[C@H](C(=O)O)[C@@H](CC(=O)O)C(=O)O. The zero-order valence-corrected chi connectivity index (χ0v) is 13.5. The van der Waals surface area contributed by atoms with E-state index in [2.05, 4.69) is 0 Å². The fourth-order valence-corrected chi connectivity index (χ4v) is 1.73. The third-order valence-corrected chi connectivity index (χ3v) is 2.94. The van der Waals surface area contributed by atoms with Crippen molar-refractivity contribution in [1.29, 1.82) is 0 Å². The third-order valence-electron chi connectivity index (χ3n) is 2.94. The molecule has 0 radical (unpaired) electrons. The van der Waals surface area contributed by atoms with Crippen molar-refractivity contribution in [1.82, 2.24) is 0 Å². The van der Waals surface area contributed by atoms with Crippen LogP contribution in [-0.2, 0) is 28.8 Å². The van der Waals surface area contributed by atoms with Crippen LogP contribution in [0.15, 0.2) is 0 Å². The Morgan fingerprint density at radius 2 is 0.769 bits per heavy atom. The number of hydrogen-bond acceptors (Lipinski definition) is 6. The summed E-state index contributed by atoms with van der Waals surface area (Å²) in [6.07, 6.45) is -0.844. The van der Waals surface area contributed by atoms with Crippen LogP contribution in [-0.4, -0.2) is 66.5 Å². The molecule has 0 saturated heterocycles. The smallest absolute Gasteiger partial charge is 0.307 e. The minimum Gasteiger partial charge on any atom is -0.481 e. The first-order valence-corrected chi connectivity index (χ1v) is 7.21. The van der Waals surface area contributed by atoms with Crippen LogP contribution in [0, 0.1) is 11.8 Å². The quantitative estimate of drug-likeness (QED) is 0.247. The van der Waals surface area contributed by atoms with E-state index < -0.39 is 60.5 Å². The van der Waals surface area contributed by atoms with Gasteiger partial charge in [0.25, 0.3) is 0 Å². The topological polar surface area (TPSA) is 224 Å². The number of aliphatic carboxylic acids is 6. The average Bonchev–Trinajstić information content (AvgIpc) is 2.46. The van der Waals surface area contributed by atoms with Crippen LogP contribution in [0.4, 0.5) is 0 Å². The predicted octanol–water partition coefficient (Wildman–Crippen LogP) is 0.0534. The Morgan fingerprint density at radius 1 is 0.500 bits per heavy atom. The minimum absolute atomic E-state index is 0.0628. The fourth-order valence-electron chi connectivity index (χ4n) is 1.73. The zero-order valence-electron chi connectivity index (χ0n) is 13.5. The van der Waals surface area contributed by atoms with Gasteiger partial charge >= 0.3 is 35.8 Å². The van der Waals surface area contributed by atoms with E-state index in [-0.39, 0.29) is 12.8 Å². The van der Waals surface area contributed by atoms with Crippen LogP contribution in [0.3, 0.4) is 0 Å². The highest BCUT2D eigenvalue weighted by Gasteiger charge is 2.36. The van der Waals surface area contributed by atoms with Gasteiger partial charge in [-0.15, -0.1) is 0 Å². The van der Waals surface area contributed by atoms with Crippen molar-refractivity contribution >= 4 is 35.8 Å². The lowest BCUT2D eigenvalue weighted by Gasteiger charge is -2.16. The van der Waals surface area contributed by atoms with Gasteiger partial charge in [0.2, 0.25) is 0 Å². The first kappa shape index (κ1) is 25.1. The van der Waals surface area contributed by atoms with E-state index >= 15 is 0 Å². The van der Waals surface area contributed by atoms with Crippen LogP contribution in [0.2, 0.25) is 0 Å². The van der Waals surface area contributed by atoms with Crippen molar-refractivity contribution in [3.8, 4) is 0 Å². The third kappa shape index (κ3) is 14.4. The highest BCUT2D eigenvalue weighted by molar-refractivity contribution is 5.86. The molecule has 0 aliphatic carbocycles. The summed E-state index contributed by atoms with van der Waals surface area (Å²) >= 11 is 0. The first-order valence-electron chi connectivity index (χ1n) is 7.21. The summed E-state index contributed by atoms with van der Waals surface area (Å²) in [5, 5.41) is 50.3. The molecule has 2 atom stereocenters. The number of unbranched alkanes of at least 4 members (excludes halogenated alkanes) is 1. The van der Waals surface area contributed by atoms with E-state index in [9.17, 15) is 28.8 Å². The van der Waals surface area contributed by atoms with Crippen molar-refractivity contribution in [2.75, 3.05) is 0 Å². The molecule has 0 aromatic heterocycles. The maximum absolute atomic E-state index is 10.6. The van der Waals surface area contributed by atoms with Gasteiger partial charge in [0.15, 0.2) is 0 Å². The molecule has 12 nitrogen and oxygen atoms in total. The van der Waals surface area contributed by atoms with Gasteiger partial charge in [-0.05, 0) is 12.8 Å². The Balaban J connectivity index is 0. The largest absolute Gasteiger partial charge is 0.481 e. The second-order valence-corrected chi connectivity index (χ2v) is 5.08. The predicted molar refractivity (Wildman–Crippen MR) is 80.5 cm³/mol. The van der Waals surface area contributed by atoms with Crippen molar-refractivity contribution in [2.45, 2.75) is 38.5 Å². The summed E-state index contributed by atoms with van der Waals surface area (Å²) in [4.78, 5) is 61.7. The molecule has 0 aliphatic rings. The van der Waals surface area contributed by atoms with Gasteiger partial charge in [-0.25, -0.2) is 0 Å². The first-order chi connectivity index (χ1) is 11.9. The summed E-state index contributed by atoms with van der Waals surface area (Å²) < 4.78 is 0. The van der Waals surface area contributed by atoms with Crippen molar-refractivity contribution in [3.63, 3.8) is 0 Å². The monoisotopic (exact) mass is 380 g/mol. The molecular formula is C14H20O12. The van der Waals surface area contributed by atoms with Gasteiger partial charge in [0, 0.05) is 12.8 Å². The Labute approximate surface area is 146 Å². The van der Waals surface area contributed by atoms with Crippen molar-refractivity contribution < 1.29 is 59.4 Å². The maximum Gasteiger partial charge on any atom is 0.307 e. The van der Waals surface area contributed by atoms with E-state index in [4.69, 9.17) is 30.6 Å². The summed E-state index contributed by atoms with van der Waals surface area (Å²) in [5.41, 5.74) is 0. The lowest BCUT2D eigenvalue weighted by Crippen LogP contribution is -2.33. The molecule has 0 aromatic carbocycles. The standard InChI is InChI=1S/C8H10O8.C6H10O4/c9-5(10)1-3(7(13)14)4(8(15)16)2-6(11)12;7-5(8)3-1-2-4-6(9)10/h3-4H,1-2H2,(H,9,10)(H,11,12)(H,13,14)(H,15,16);1-4H2,(H,7,8)(H,9,10)/t3-,4+;. The van der Waals surface area contributed by atoms with E-state index in [0.717, 1.165) is 0 Å². The van der Waals surface area contributed by atoms with Gasteiger partial charge in [-0.3, -0.25) is 28.8 Å². The van der Waals surface area contributed by atoms with Gasteiger partial charge < -0.3 is 30.6 Å². The lowest BCUT2D eigenvalue weighted by atomic mass is 9.87. The molecule has 0 amide bonds. The van der Waals surface area contributed by atoms with Crippen LogP contribution in [0.1, 0.15) is 38.5 Å². The molecule has 12 heteroatoms. The molecule has 0 fully saturated rings. The summed E-state index contributed by atoms with van der Waals surface area (Å²) in [5.74, 6) is -11.5. The average molecular weight is 380 g/mol. The molecule has 0 unspecified atom stereocenters. The maximum atomic E-state index is 10.6. The minimum atomic E-state index is -1.76. The van der Waals surface area contributed by atoms with Crippen molar-refractivity contribution in [3.05, 3.63) is 0 Å². The van der Waals surface area contributed by atoms with Crippen LogP contribution >= 0.6 is 0 Å². The zero-order chi connectivity index (χ0) is 20.9.